The number of nitrogens with zero attached hydrogens (tertiary/aromatic N) is 5. The van der Waals surface area contributed by atoms with Crippen molar-refractivity contribution in [2.24, 2.45) is 4.99 Å². The van der Waals surface area contributed by atoms with Crippen molar-refractivity contribution < 1.29 is 14.3 Å². The molecule has 0 aliphatic carbocycles. The Kier molecular flexibility index (Phi) is 9.20. The summed E-state index contributed by atoms with van der Waals surface area (Å²) in [4.78, 5) is 31.0. The lowest BCUT2D eigenvalue weighted by atomic mass is 10.0. The third-order valence-corrected chi connectivity index (χ3v) is 6.49. The average Bonchev–Trinajstić information content (AvgIpc) is 3.37. The molecule has 0 bridgehead atoms. The van der Waals surface area contributed by atoms with E-state index in [0.29, 0.717) is 44.5 Å². The van der Waals surface area contributed by atoms with Crippen LogP contribution in [0.25, 0.3) is 16.8 Å². The van der Waals surface area contributed by atoms with Crippen LogP contribution in [0, 0.1) is 0 Å². The maximum atomic E-state index is 13.5. The second-order valence-electron chi connectivity index (χ2n) is 8.67. The predicted octanol–water partition coefficient (Wildman–Crippen LogP) is 4.26. The van der Waals surface area contributed by atoms with Crippen molar-refractivity contribution in [2.45, 2.75) is 12.5 Å². The Balaban J connectivity index is 1.77. The summed E-state index contributed by atoms with van der Waals surface area (Å²) < 4.78 is 13.7. The molecule has 1 unspecified atom stereocenters. The van der Waals surface area contributed by atoms with Crippen LogP contribution < -0.4 is 21.3 Å². The number of methoxy groups -OCH3 is 2. The summed E-state index contributed by atoms with van der Waals surface area (Å²) in [5.41, 5.74) is 8.80. The molecule has 1 atom stereocenters. The molecule has 2 heterocycles. The minimum absolute atomic E-state index is 0.200. The van der Waals surface area contributed by atoms with Crippen molar-refractivity contribution in [1.29, 1.82) is 0 Å². The zero-order chi connectivity index (χ0) is 28.8. The van der Waals surface area contributed by atoms with Crippen LogP contribution in [0.4, 0.5) is 11.4 Å². The number of anilines is 2. The number of aromatic nitrogens is 4. The van der Waals surface area contributed by atoms with Crippen molar-refractivity contribution in [3.63, 3.8) is 0 Å². The maximum Gasteiger partial charge on any atom is 0.252 e. The van der Waals surface area contributed by atoms with Crippen LogP contribution in [0.15, 0.2) is 64.6 Å². The third-order valence-electron chi connectivity index (χ3n) is 6.08. The minimum atomic E-state index is -0.913. The highest BCUT2D eigenvalue weighted by Crippen LogP contribution is 2.35. The van der Waals surface area contributed by atoms with Crippen LogP contribution in [-0.2, 0) is 9.53 Å². The lowest BCUT2D eigenvalue weighted by molar-refractivity contribution is -0.119. The average molecular weight is 584 g/mol. The first-order chi connectivity index (χ1) is 19.2. The van der Waals surface area contributed by atoms with E-state index in [1.165, 1.54) is 41.9 Å². The standard InChI is InChI=1S/C27H27Cl2N7O4/c1-31-13-16-10-18(5-6-21(16)30)32-27(38)23(8-9-39-2)35-14-24(40-3)20(12-26(35)37)19-11-17(28)4-7-22(19)36-15-25(29)33-34-36/h4-7,10-15,23H,8-9,30H2,1-3H3,(H,32,38). The van der Waals surface area contributed by atoms with Crippen LogP contribution in [0.2, 0.25) is 10.2 Å². The Morgan fingerprint density at radius 1 is 1.15 bits per heavy atom. The second-order valence-corrected chi connectivity index (χ2v) is 9.49. The Morgan fingerprint density at radius 3 is 2.62 bits per heavy atom. The fourth-order valence-electron chi connectivity index (χ4n) is 4.19. The number of nitrogens with one attached hydrogen (secondary N) is 1. The van der Waals surface area contributed by atoms with E-state index in [0.717, 1.165) is 0 Å². The van der Waals surface area contributed by atoms with Crippen molar-refractivity contribution in [3.05, 3.63) is 81.0 Å². The molecule has 0 fully saturated rings. The van der Waals surface area contributed by atoms with Crippen LogP contribution in [0.1, 0.15) is 18.0 Å². The SMILES string of the molecule is CN=Cc1cc(NC(=O)C(CCOC)n2cc(OC)c(-c3cc(Cl)ccc3-n3cc(Cl)nn3)cc2=O)ccc1N. The number of carbonyl (C=O) groups excluding carboxylic acids is 1. The molecule has 0 radical (unpaired) electrons. The van der Waals surface area contributed by atoms with Gasteiger partial charge in [-0.2, -0.15) is 0 Å². The number of carbonyl (C=O) groups is 1. The molecule has 4 rings (SSSR count). The van der Waals surface area contributed by atoms with Crippen molar-refractivity contribution in [2.75, 3.05) is 38.9 Å². The molecule has 208 valence electrons. The Bertz CT molecular complexity index is 1620. The summed E-state index contributed by atoms with van der Waals surface area (Å²) in [5.74, 6) is -0.0858. The van der Waals surface area contributed by atoms with E-state index in [4.69, 9.17) is 38.4 Å². The molecule has 4 aromatic rings. The van der Waals surface area contributed by atoms with Gasteiger partial charge in [-0.3, -0.25) is 19.1 Å². The number of benzene rings is 2. The van der Waals surface area contributed by atoms with Crippen LogP contribution in [-0.4, -0.2) is 59.6 Å². The fourth-order valence-corrected chi connectivity index (χ4v) is 4.48. The van der Waals surface area contributed by atoms with Crippen LogP contribution in [0.3, 0.4) is 0 Å². The first-order valence-electron chi connectivity index (χ1n) is 12.1. The number of nitrogens with two attached hydrogens (primary N) is 1. The summed E-state index contributed by atoms with van der Waals surface area (Å²) in [6.45, 7) is 0.232. The highest BCUT2D eigenvalue weighted by atomic mass is 35.5. The number of hydrogen-bond donors (Lipinski definition) is 2. The number of amides is 1. The van der Waals surface area contributed by atoms with E-state index in [9.17, 15) is 9.59 Å². The van der Waals surface area contributed by atoms with Crippen LogP contribution >= 0.6 is 23.2 Å². The van der Waals surface area contributed by atoms with E-state index in [-0.39, 0.29) is 18.2 Å². The van der Waals surface area contributed by atoms with E-state index >= 15 is 0 Å². The van der Waals surface area contributed by atoms with E-state index < -0.39 is 17.5 Å². The highest BCUT2D eigenvalue weighted by Gasteiger charge is 2.25. The van der Waals surface area contributed by atoms with E-state index in [1.54, 1.807) is 49.7 Å². The summed E-state index contributed by atoms with van der Waals surface area (Å²) in [6.07, 6.45) is 4.85. The molecule has 0 aliphatic heterocycles. The topological polar surface area (TPSA) is 139 Å². The number of halogens is 2. The Morgan fingerprint density at radius 2 is 1.95 bits per heavy atom. The van der Waals surface area contributed by atoms with E-state index in [2.05, 4.69) is 20.6 Å². The largest absolute Gasteiger partial charge is 0.495 e. The quantitative estimate of drug-likeness (QED) is 0.210. The zero-order valence-corrected chi connectivity index (χ0v) is 23.5. The van der Waals surface area contributed by atoms with Crippen molar-refractivity contribution in [3.8, 4) is 22.6 Å². The minimum Gasteiger partial charge on any atom is -0.495 e. The first kappa shape index (κ1) is 28.8. The molecular formula is C27H27Cl2N7O4. The molecule has 2 aromatic heterocycles. The lowest BCUT2D eigenvalue weighted by Crippen LogP contribution is -2.34. The van der Waals surface area contributed by atoms with Gasteiger partial charge in [0.05, 0.1) is 25.2 Å². The van der Waals surface area contributed by atoms with Gasteiger partial charge < -0.3 is 20.5 Å². The Labute approximate surface area is 240 Å². The Hall–Kier alpha value is -4.19. The highest BCUT2D eigenvalue weighted by molar-refractivity contribution is 6.31. The monoisotopic (exact) mass is 583 g/mol. The normalized spacial score (nSPS) is 12.0. The summed E-state index contributed by atoms with van der Waals surface area (Å²) in [5, 5.41) is 11.4. The van der Waals surface area contributed by atoms with Gasteiger partial charge in [-0.25, -0.2) is 4.68 Å². The molecule has 0 aliphatic rings. The van der Waals surface area contributed by atoms with Gasteiger partial charge in [0.2, 0.25) is 5.91 Å². The van der Waals surface area contributed by atoms with Crippen molar-refractivity contribution >= 4 is 46.7 Å². The summed E-state index contributed by atoms with van der Waals surface area (Å²) in [7, 11) is 4.62. The van der Waals surface area contributed by atoms with Gasteiger partial charge in [0.25, 0.3) is 5.56 Å². The lowest BCUT2D eigenvalue weighted by Gasteiger charge is -2.22. The smallest absolute Gasteiger partial charge is 0.252 e. The molecular weight excluding hydrogens is 557 g/mol. The van der Waals surface area contributed by atoms with Crippen LogP contribution in [0.5, 0.6) is 5.75 Å². The van der Waals surface area contributed by atoms with Gasteiger partial charge in [0.1, 0.15) is 11.8 Å². The second kappa shape index (κ2) is 12.8. The maximum absolute atomic E-state index is 13.5. The number of hydrogen-bond acceptors (Lipinski definition) is 8. The number of nitrogen functional groups attached to an aromatic ring is 1. The molecule has 3 N–H and O–H groups in total. The molecule has 0 saturated heterocycles. The number of pyridine rings is 1. The van der Waals surface area contributed by atoms with Gasteiger partial charge in [0, 0.05) is 72.6 Å². The molecule has 13 heteroatoms. The molecule has 1 amide bonds. The summed E-state index contributed by atoms with van der Waals surface area (Å²) >= 11 is 12.3. The zero-order valence-electron chi connectivity index (χ0n) is 22.0. The first-order valence-corrected chi connectivity index (χ1v) is 12.8. The number of rotatable bonds is 10. The van der Waals surface area contributed by atoms with Gasteiger partial charge in [-0.1, -0.05) is 28.4 Å². The number of ether oxygens (including phenoxy) is 2. The molecule has 0 saturated carbocycles. The number of aliphatic imine (C=N–C) groups is 1. The molecule has 2 aromatic carbocycles. The van der Waals surface area contributed by atoms with Gasteiger partial charge in [0.15, 0.2) is 5.15 Å². The molecule has 0 spiro atoms. The predicted molar refractivity (Wildman–Crippen MR) is 156 cm³/mol. The summed E-state index contributed by atoms with van der Waals surface area (Å²) in [6, 6.07) is 10.6. The third kappa shape index (κ3) is 6.33. The van der Waals surface area contributed by atoms with Crippen molar-refractivity contribution in [1.82, 2.24) is 19.6 Å². The fraction of sp³-hybridized carbons (Fsp3) is 0.222. The van der Waals surface area contributed by atoms with Gasteiger partial charge in [-0.15, -0.1) is 5.10 Å². The molecule has 11 nitrogen and oxygen atoms in total. The molecule has 40 heavy (non-hydrogen) atoms. The van der Waals surface area contributed by atoms with Gasteiger partial charge >= 0.3 is 0 Å². The van der Waals surface area contributed by atoms with Gasteiger partial charge in [-0.05, 0) is 36.4 Å². The van der Waals surface area contributed by atoms with E-state index in [1.807, 2.05) is 0 Å².